The van der Waals surface area contributed by atoms with Crippen LogP contribution in [0.25, 0.3) is 0 Å². The quantitative estimate of drug-likeness (QED) is 0.364. The molecule has 72 valence electrons. The van der Waals surface area contributed by atoms with E-state index in [1.54, 1.807) is 6.07 Å². The molecule has 14 heavy (non-hydrogen) atoms. The first-order valence-electron chi connectivity index (χ1n) is 3.64. The third-order valence-corrected chi connectivity index (χ3v) is 1.70. The van der Waals surface area contributed by atoms with Crippen LogP contribution in [0.4, 0.5) is 10.1 Å². The second-order valence-electron chi connectivity index (χ2n) is 2.40. The molecule has 0 radical (unpaired) electrons. The number of hydrogen-bond donors (Lipinski definition) is 3. The smallest absolute Gasteiger partial charge is 0.185 e. The number of nitrogens with zero attached hydrogens (tertiary/aromatic N) is 1. The maximum absolute atomic E-state index is 12.9. The van der Waals surface area contributed by atoms with E-state index in [0.717, 1.165) is 0 Å². The molecule has 0 heterocycles. The summed E-state index contributed by atoms with van der Waals surface area (Å²) in [4.78, 5) is 0. The minimum absolute atomic E-state index is 0.0465. The summed E-state index contributed by atoms with van der Waals surface area (Å²) in [6.07, 6.45) is 0. The molecule has 0 bridgehead atoms. The number of benzene rings is 1. The zero-order valence-corrected chi connectivity index (χ0v) is 7.86. The van der Waals surface area contributed by atoms with Crippen LogP contribution in [0.15, 0.2) is 18.2 Å². The van der Waals surface area contributed by atoms with E-state index in [1.807, 2.05) is 0 Å². The molecule has 4 N–H and O–H groups in total. The van der Waals surface area contributed by atoms with Crippen LogP contribution in [0.3, 0.4) is 0 Å². The van der Waals surface area contributed by atoms with E-state index in [0.29, 0.717) is 5.69 Å². The van der Waals surface area contributed by atoms with Crippen molar-refractivity contribution in [2.45, 2.75) is 0 Å². The molecule has 0 spiro atoms. The van der Waals surface area contributed by atoms with Crippen LogP contribution in [0, 0.1) is 17.1 Å². The normalized spacial score (nSPS) is 8.93. The number of nitrogens with two attached hydrogens (primary N) is 1. The minimum atomic E-state index is -0.565. The van der Waals surface area contributed by atoms with E-state index < -0.39 is 5.82 Å². The van der Waals surface area contributed by atoms with Crippen molar-refractivity contribution in [2.75, 3.05) is 5.32 Å². The molecule has 1 aromatic rings. The average Bonchev–Trinajstić information content (AvgIpc) is 2.20. The third kappa shape index (κ3) is 2.39. The van der Waals surface area contributed by atoms with Gasteiger partial charge in [0.2, 0.25) is 0 Å². The van der Waals surface area contributed by atoms with E-state index in [1.165, 1.54) is 18.2 Å². The predicted molar refractivity (Wildman–Crippen MR) is 54.7 cm³/mol. The number of nitriles is 1. The fourth-order valence-electron chi connectivity index (χ4n) is 0.856. The Morgan fingerprint density at radius 3 is 2.86 bits per heavy atom. The van der Waals surface area contributed by atoms with Gasteiger partial charge in [-0.25, -0.2) is 10.2 Å². The molecular formula is C8H7FN4S. The molecule has 0 aliphatic rings. The number of thiocarbonyl (C=S) groups is 1. The van der Waals surface area contributed by atoms with E-state index >= 15 is 0 Å². The lowest BCUT2D eigenvalue weighted by Gasteiger charge is -2.06. The summed E-state index contributed by atoms with van der Waals surface area (Å²) in [6.45, 7) is 0. The maximum atomic E-state index is 12.9. The monoisotopic (exact) mass is 210 g/mol. The van der Waals surface area contributed by atoms with Crippen LogP contribution in [0.5, 0.6) is 0 Å². The first kappa shape index (κ1) is 10.4. The number of nitrogens with one attached hydrogen (secondary N) is 2. The van der Waals surface area contributed by atoms with Crippen molar-refractivity contribution in [3.63, 3.8) is 0 Å². The SMILES string of the molecule is N#Cc1cc(NC(=S)NN)ccc1F. The average molecular weight is 210 g/mol. The summed E-state index contributed by atoms with van der Waals surface area (Å²) in [5.41, 5.74) is 2.67. The molecule has 0 aliphatic heterocycles. The Bertz CT molecular complexity index is 399. The van der Waals surface area contributed by atoms with E-state index in [9.17, 15) is 4.39 Å². The lowest BCUT2D eigenvalue weighted by Crippen LogP contribution is -2.34. The highest BCUT2D eigenvalue weighted by Crippen LogP contribution is 2.13. The van der Waals surface area contributed by atoms with Crippen molar-refractivity contribution in [1.82, 2.24) is 5.43 Å². The van der Waals surface area contributed by atoms with Gasteiger partial charge in [0, 0.05) is 5.69 Å². The highest BCUT2D eigenvalue weighted by molar-refractivity contribution is 7.80. The van der Waals surface area contributed by atoms with Crippen LogP contribution >= 0.6 is 12.2 Å². The number of hydrogen-bond acceptors (Lipinski definition) is 3. The zero-order valence-electron chi connectivity index (χ0n) is 7.04. The first-order valence-corrected chi connectivity index (χ1v) is 4.05. The fraction of sp³-hybridized carbons (Fsp3) is 0. The van der Waals surface area contributed by atoms with Crippen molar-refractivity contribution in [1.29, 1.82) is 5.26 Å². The third-order valence-electron chi connectivity index (χ3n) is 1.48. The molecule has 0 amide bonds. The van der Waals surface area contributed by atoms with Gasteiger partial charge in [-0.3, -0.25) is 0 Å². The molecule has 0 saturated heterocycles. The van der Waals surface area contributed by atoms with E-state index in [4.69, 9.17) is 23.3 Å². The Morgan fingerprint density at radius 1 is 1.57 bits per heavy atom. The minimum Gasteiger partial charge on any atom is -0.332 e. The Morgan fingerprint density at radius 2 is 2.29 bits per heavy atom. The molecule has 0 aliphatic carbocycles. The Balaban J connectivity index is 2.91. The summed E-state index contributed by atoms with van der Waals surface area (Å²) < 4.78 is 12.9. The van der Waals surface area contributed by atoms with Gasteiger partial charge < -0.3 is 10.7 Å². The molecule has 0 unspecified atom stereocenters. The van der Waals surface area contributed by atoms with Gasteiger partial charge in [0.25, 0.3) is 0 Å². The highest BCUT2D eigenvalue weighted by Gasteiger charge is 2.02. The van der Waals surface area contributed by atoms with Gasteiger partial charge in [-0.05, 0) is 30.4 Å². The Labute approximate surface area is 85.5 Å². The number of anilines is 1. The van der Waals surface area contributed by atoms with Crippen molar-refractivity contribution < 1.29 is 4.39 Å². The number of hydrazine groups is 1. The number of rotatable bonds is 1. The Kier molecular flexibility index (Phi) is 3.34. The first-order chi connectivity index (χ1) is 6.67. The molecule has 0 aromatic heterocycles. The summed E-state index contributed by atoms with van der Waals surface area (Å²) in [5.74, 6) is 4.46. The van der Waals surface area contributed by atoms with E-state index in [-0.39, 0.29) is 10.7 Å². The second kappa shape index (κ2) is 4.50. The molecule has 1 aromatic carbocycles. The van der Waals surface area contributed by atoms with Gasteiger partial charge in [-0.15, -0.1) is 0 Å². The van der Waals surface area contributed by atoms with Crippen LogP contribution in [-0.4, -0.2) is 5.11 Å². The summed E-state index contributed by atoms with van der Waals surface area (Å²) >= 11 is 4.73. The Hall–Kier alpha value is -1.71. The molecule has 0 fully saturated rings. The summed E-state index contributed by atoms with van der Waals surface area (Å²) in [7, 11) is 0. The van der Waals surface area contributed by atoms with Gasteiger partial charge in [-0.1, -0.05) is 0 Å². The van der Waals surface area contributed by atoms with Crippen molar-refractivity contribution in [2.24, 2.45) is 5.84 Å². The largest absolute Gasteiger partial charge is 0.332 e. The van der Waals surface area contributed by atoms with Gasteiger partial charge in [0.05, 0.1) is 5.56 Å². The lowest BCUT2D eigenvalue weighted by molar-refractivity contribution is 0.624. The van der Waals surface area contributed by atoms with Crippen molar-refractivity contribution in [3.8, 4) is 6.07 Å². The zero-order chi connectivity index (χ0) is 10.6. The standard InChI is InChI=1S/C8H7FN4S/c9-7-2-1-6(3-5(7)4-10)12-8(14)13-11/h1-3H,11H2,(H2,12,13,14). The molecule has 1 rings (SSSR count). The van der Waals surface area contributed by atoms with Crippen LogP contribution in [-0.2, 0) is 0 Å². The summed E-state index contributed by atoms with van der Waals surface area (Å²) in [5, 5.41) is 11.4. The fourth-order valence-corrected chi connectivity index (χ4v) is 0.974. The lowest BCUT2D eigenvalue weighted by atomic mass is 10.2. The molecule has 6 heteroatoms. The van der Waals surface area contributed by atoms with Crippen molar-refractivity contribution in [3.05, 3.63) is 29.6 Å². The topological polar surface area (TPSA) is 73.9 Å². The predicted octanol–water partition coefficient (Wildman–Crippen LogP) is 0.857. The summed E-state index contributed by atoms with van der Waals surface area (Å²) in [6, 6.07) is 5.70. The second-order valence-corrected chi connectivity index (χ2v) is 2.81. The van der Waals surface area contributed by atoms with Gasteiger partial charge in [0.1, 0.15) is 11.9 Å². The number of halogens is 1. The highest BCUT2D eigenvalue weighted by atomic mass is 32.1. The van der Waals surface area contributed by atoms with Gasteiger partial charge in [0.15, 0.2) is 5.11 Å². The van der Waals surface area contributed by atoms with Crippen molar-refractivity contribution >= 4 is 23.0 Å². The van der Waals surface area contributed by atoms with Crippen LogP contribution < -0.4 is 16.6 Å². The molecule has 0 atom stereocenters. The van der Waals surface area contributed by atoms with Gasteiger partial charge in [-0.2, -0.15) is 5.26 Å². The molecular weight excluding hydrogens is 203 g/mol. The van der Waals surface area contributed by atoms with Crippen LogP contribution in [0.1, 0.15) is 5.56 Å². The molecule has 0 saturated carbocycles. The molecule has 4 nitrogen and oxygen atoms in total. The van der Waals surface area contributed by atoms with Gasteiger partial charge >= 0.3 is 0 Å². The maximum Gasteiger partial charge on any atom is 0.185 e. The van der Waals surface area contributed by atoms with Crippen LogP contribution in [0.2, 0.25) is 0 Å². The van der Waals surface area contributed by atoms with E-state index in [2.05, 4.69) is 10.7 Å².